The second kappa shape index (κ2) is 9.09. The molecule has 0 bridgehead atoms. The fourth-order valence-corrected chi connectivity index (χ4v) is 3.22. The number of nitrogens with zero attached hydrogens (tertiary/aromatic N) is 3. The lowest BCUT2D eigenvalue weighted by Gasteiger charge is -2.14. The standard InChI is InChI=1S/C19H17N5O5S/c1-13(29-18(26)14-4-2-9-20-12-14)17(25)23-15-5-7-16(8-6-15)30(27,28)24-19-21-10-3-11-22-19/h2-13H,1H3,(H,23,25)(H,21,22,24). The third-order valence-electron chi connectivity index (χ3n) is 3.77. The van der Waals surface area contributed by atoms with Crippen molar-refractivity contribution in [1.29, 1.82) is 0 Å². The lowest BCUT2D eigenvalue weighted by molar-refractivity contribution is -0.123. The third-order valence-corrected chi connectivity index (χ3v) is 5.12. The molecule has 0 aliphatic heterocycles. The Morgan fingerprint density at radius 1 is 1.00 bits per heavy atom. The number of nitrogens with one attached hydrogen (secondary N) is 2. The van der Waals surface area contributed by atoms with Gasteiger partial charge in [0.15, 0.2) is 6.10 Å². The average molecular weight is 427 g/mol. The summed E-state index contributed by atoms with van der Waals surface area (Å²) < 4.78 is 32.1. The minimum Gasteiger partial charge on any atom is -0.449 e. The van der Waals surface area contributed by atoms with Gasteiger partial charge < -0.3 is 10.1 Å². The molecule has 30 heavy (non-hydrogen) atoms. The maximum atomic E-state index is 12.4. The molecule has 0 saturated heterocycles. The van der Waals surface area contributed by atoms with E-state index in [1.807, 2.05) is 0 Å². The van der Waals surface area contributed by atoms with Gasteiger partial charge in [-0.25, -0.2) is 27.9 Å². The fourth-order valence-electron chi connectivity index (χ4n) is 2.26. The summed E-state index contributed by atoms with van der Waals surface area (Å²) in [7, 11) is -3.88. The van der Waals surface area contributed by atoms with Crippen LogP contribution in [-0.4, -0.2) is 41.4 Å². The van der Waals surface area contributed by atoms with E-state index in [1.165, 1.54) is 62.0 Å². The molecular formula is C19H17N5O5S. The summed E-state index contributed by atoms with van der Waals surface area (Å²) in [6, 6.07) is 10.1. The maximum Gasteiger partial charge on any atom is 0.340 e. The number of rotatable bonds is 7. The number of aromatic nitrogens is 3. The first kappa shape index (κ1) is 20.9. The summed E-state index contributed by atoms with van der Waals surface area (Å²) >= 11 is 0. The average Bonchev–Trinajstić information content (AvgIpc) is 2.75. The van der Waals surface area contributed by atoms with E-state index in [1.54, 1.807) is 12.1 Å². The first-order valence-corrected chi connectivity index (χ1v) is 10.2. The number of benzene rings is 1. The second-order valence-corrected chi connectivity index (χ2v) is 7.66. The first-order chi connectivity index (χ1) is 14.3. The normalized spacial score (nSPS) is 11.9. The number of anilines is 2. The number of sulfonamides is 1. The van der Waals surface area contributed by atoms with Crippen molar-refractivity contribution < 1.29 is 22.7 Å². The lowest BCUT2D eigenvalue weighted by Crippen LogP contribution is -2.30. The van der Waals surface area contributed by atoms with Gasteiger partial charge >= 0.3 is 5.97 Å². The molecule has 10 nitrogen and oxygen atoms in total. The van der Waals surface area contributed by atoms with E-state index >= 15 is 0 Å². The van der Waals surface area contributed by atoms with Crippen molar-refractivity contribution in [2.75, 3.05) is 10.0 Å². The molecule has 3 rings (SSSR count). The molecule has 0 spiro atoms. The molecule has 0 fully saturated rings. The molecule has 11 heteroatoms. The highest BCUT2D eigenvalue weighted by molar-refractivity contribution is 7.92. The zero-order chi connectivity index (χ0) is 21.6. The van der Waals surface area contributed by atoms with Gasteiger partial charge in [0.25, 0.3) is 15.9 Å². The number of ether oxygens (including phenoxy) is 1. The van der Waals surface area contributed by atoms with E-state index in [2.05, 4.69) is 25.0 Å². The van der Waals surface area contributed by atoms with Gasteiger partial charge in [-0.2, -0.15) is 0 Å². The van der Waals surface area contributed by atoms with Crippen LogP contribution < -0.4 is 10.0 Å². The topological polar surface area (TPSA) is 140 Å². The van der Waals surface area contributed by atoms with Crippen LogP contribution in [0.5, 0.6) is 0 Å². The van der Waals surface area contributed by atoms with E-state index in [4.69, 9.17) is 4.74 Å². The fraction of sp³-hybridized carbons (Fsp3) is 0.105. The molecular weight excluding hydrogens is 410 g/mol. The van der Waals surface area contributed by atoms with Gasteiger partial charge in [-0.15, -0.1) is 0 Å². The van der Waals surface area contributed by atoms with Crippen molar-refractivity contribution in [3.63, 3.8) is 0 Å². The van der Waals surface area contributed by atoms with Crippen molar-refractivity contribution in [2.24, 2.45) is 0 Å². The van der Waals surface area contributed by atoms with Crippen LogP contribution in [-0.2, 0) is 19.6 Å². The van der Waals surface area contributed by atoms with E-state index in [0.29, 0.717) is 5.69 Å². The molecule has 0 aliphatic carbocycles. The number of esters is 1. The quantitative estimate of drug-likeness (QED) is 0.545. The molecule has 2 N–H and O–H groups in total. The summed E-state index contributed by atoms with van der Waals surface area (Å²) in [5, 5.41) is 2.56. The minimum absolute atomic E-state index is 0.0380. The highest BCUT2D eigenvalue weighted by Crippen LogP contribution is 2.17. The van der Waals surface area contributed by atoms with Crippen molar-refractivity contribution in [3.05, 3.63) is 72.8 Å². The smallest absolute Gasteiger partial charge is 0.340 e. The van der Waals surface area contributed by atoms with Crippen molar-refractivity contribution >= 4 is 33.5 Å². The summed E-state index contributed by atoms with van der Waals surface area (Å²) in [6.07, 6.45) is 4.59. The molecule has 2 aromatic heterocycles. The summed E-state index contributed by atoms with van der Waals surface area (Å²) in [6.45, 7) is 1.42. The zero-order valence-electron chi connectivity index (χ0n) is 15.7. The predicted molar refractivity (Wildman–Crippen MR) is 107 cm³/mol. The van der Waals surface area contributed by atoms with E-state index in [9.17, 15) is 18.0 Å². The Balaban J connectivity index is 1.60. The molecule has 0 saturated carbocycles. The van der Waals surface area contributed by atoms with E-state index in [-0.39, 0.29) is 16.4 Å². The van der Waals surface area contributed by atoms with Gasteiger partial charge in [-0.1, -0.05) is 0 Å². The number of carbonyl (C=O) groups excluding carboxylic acids is 2. The van der Waals surface area contributed by atoms with Crippen LogP contribution in [0.25, 0.3) is 0 Å². The van der Waals surface area contributed by atoms with Crippen molar-refractivity contribution in [3.8, 4) is 0 Å². The predicted octanol–water partition coefficient (Wildman–Crippen LogP) is 1.86. The molecule has 1 unspecified atom stereocenters. The maximum absolute atomic E-state index is 12.4. The monoisotopic (exact) mass is 427 g/mol. The van der Waals surface area contributed by atoms with Crippen molar-refractivity contribution in [1.82, 2.24) is 15.0 Å². The SMILES string of the molecule is CC(OC(=O)c1cccnc1)C(=O)Nc1ccc(S(=O)(=O)Nc2ncccn2)cc1. The molecule has 1 amide bonds. The summed E-state index contributed by atoms with van der Waals surface area (Å²) in [5.74, 6) is -1.31. The van der Waals surface area contributed by atoms with Crippen molar-refractivity contribution in [2.45, 2.75) is 17.9 Å². The zero-order valence-corrected chi connectivity index (χ0v) is 16.5. The first-order valence-electron chi connectivity index (χ1n) is 8.67. The van der Waals surface area contributed by atoms with Crippen LogP contribution >= 0.6 is 0 Å². The van der Waals surface area contributed by atoms with Crippen LogP contribution in [0.3, 0.4) is 0 Å². The summed E-state index contributed by atoms with van der Waals surface area (Å²) in [4.78, 5) is 35.6. The van der Waals surface area contributed by atoms with Crippen LogP contribution in [0.2, 0.25) is 0 Å². The Labute approximate surface area is 172 Å². The minimum atomic E-state index is -3.88. The largest absolute Gasteiger partial charge is 0.449 e. The van der Waals surface area contributed by atoms with Gasteiger partial charge in [-0.3, -0.25) is 9.78 Å². The number of amides is 1. The highest BCUT2D eigenvalue weighted by atomic mass is 32.2. The number of pyridine rings is 1. The Bertz CT molecular complexity index is 1120. The molecule has 0 radical (unpaired) electrons. The van der Waals surface area contributed by atoms with Gasteiger partial charge in [0, 0.05) is 30.5 Å². The van der Waals surface area contributed by atoms with Crippen LogP contribution in [0.4, 0.5) is 11.6 Å². The third kappa shape index (κ3) is 5.35. The number of hydrogen-bond acceptors (Lipinski definition) is 8. The Morgan fingerprint density at radius 2 is 1.70 bits per heavy atom. The summed E-state index contributed by atoms with van der Waals surface area (Å²) in [5.41, 5.74) is 0.556. The number of carbonyl (C=O) groups is 2. The molecule has 154 valence electrons. The van der Waals surface area contributed by atoms with Crippen LogP contribution in [0.15, 0.2) is 72.1 Å². The van der Waals surface area contributed by atoms with E-state index in [0.717, 1.165) is 0 Å². The second-order valence-electron chi connectivity index (χ2n) is 5.98. The van der Waals surface area contributed by atoms with Crippen LogP contribution in [0.1, 0.15) is 17.3 Å². The van der Waals surface area contributed by atoms with Gasteiger partial charge in [0.2, 0.25) is 5.95 Å². The van der Waals surface area contributed by atoms with Gasteiger partial charge in [-0.05, 0) is 49.4 Å². The van der Waals surface area contributed by atoms with E-state index < -0.39 is 28.0 Å². The van der Waals surface area contributed by atoms with Gasteiger partial charge in [0.05, 0.1) is 10.5 Å². The Morgan fingerprint density at radius 3 is 2.33 bits per heavy atom. The number of hydrogen-bond donors (Lipinski definition) is 2. The Kier molecular flexibility index (Phi) is 6.32. The molecule has 1 atom stereocenters. The molecule has 2 heterocycles. The molecule has 1 aromatic carbocycles. The van der Waals surface area contributed by atoms with Crippen LogP contribution in [0, 0.1) is 0 Å². The molecule has 0 aliphatic rings. The highest BCUT2D eigenvalue weighted by Gasteiger charge is 2.20. The Hall–Kier alpha value is -3.86. The lowest BCUT2D eigenvalue weighted by atomic mass is 10.2. The van der Waals surface area contributed by atoms with Gasteiger partial charge in [0.1, 0.15) is 0 Å². The molecule has 3 aromatic rings.